The number of thiophene rings is 2. The lowest BCUT2D eigenvalue weighted by atomic mass is 9.80. The minimum absolute atomic E-state index is 0.0177. The molecule has 4 aromatic heterocycles. The van der Waals surface area contributed by atoms with Crippen LogP contribution in [0.25, 0.3) is 21.0 Å². The minimum atomic E-state index is -5.19. The highest BCUT2D eigenvalue weighted by Gasteiger charge is 2.53. The van der Waals surface area contributed by atoms with Crippen LogP contribution >= 0.6 is 34.0 Å². The fourth-order valence-electron chi connectivity index (χ4n) is 18.0. The average molecular weight is 1870 g/mol. The second-order valence-corrected chi connectivity index (χ2v) is 35.8. The third-order valence-electron chi connectivity index (χ3n) is 24.7. The molecule has 0 saturated carbocycles. The summed E-state index contributed by atoms with van der Waals surface area (Å²) in [7, 11) is 0. The Morgan fingerprint density at radius 3 is 1.37 bits per heavy atom. The van der Waals surface area contributed by atoms with E-state index in [1.807, 2.05) is 156 Å². The predicted molar refractivity (Wildman–Crippen MR) is 456 cm³/mol. The van der Waals surface area contributed by atoms with Crippen molar-refractivity contribution in [2.24, 2.45) is 17.8 Å². The number of hydrogen-bond acceptors (Lipinski definition) is 22. The molecule has 6 N–H and O–H groups in total. The molecule has 3 unspecified atom stereocenters. The predicted octanol–water partition coefficient (Wildman–Crippen LogP) is 10.4. The molecule has 130 heavy (non-hydrogen) atoms. The number of aromatic nitrogens is 1. The number of rotatable bonds is 26. The number of para-hydroxylation sites is 1. The zero-order chi connectivity index (χ0) is 93.1. The van der Waals surface area contributed by atoms with E-state index in [9.17, 15) is 69.2 Å². The smallest absolute Gasteiger partial charge is 0.430 e. The molecule has 6 bridgehead atoms. The van der Waals surface area contributed by atoms with Crippen molar-refractivity contribution >= 4 is 90.6 Å². The molecule has 694 valence electrons. The second kappa shape index (κ2) is 42.7. The molecule has 10 aliphatic rings. The Kier molecular flexibility index (Phi) is 32.1. The van der Waals surface area contributed by atoms with Gasteiger partial charge in [0.2, 0.25) is 18.0 Å². The van der Waals surface area contributed by atoms with E-state index in [4.69, 9.17) is 57.8 Å². The van der Waals surface area contributed by atoms with Gasteiger partial charge in [-0.2, -0.15) is 39.5 Å². The number of alkyl halides is 9. The van der Waals surface area contributed by atoms with E-state index in [2.05, 4.69) is 57.0 Å². The standard InChI is InChI=1S/C29H31N3O3S2.C29H32N2O5S.C29H32N2O4.3C2HF3O2/c33-27(29(34,26-12-6-19-36-26)22-8-2-1-3-9-22)30-24-20-32(16-13-21(24)14-17-32)15-7-18-35-28-31-23-10-4-5-11-25(23)37-28;32-28(29(33,27-8-4-17-37-27)22-6-2-1-3-7-22)30-24-19-31(14-11-21(24)12-15-31)13-5-16-34-23-9-10-25-26(18-23)36-20-35-25;1-2-15-29(33,27-12-6-19-35-27)28(32)30-25-21-31(17-13-23(25)14-18-31)16-7-20-34-26-11-5-9-22-8-3-4-10-24(22)26;3*3-2(4,5)1(6)7/h1-6,8-12,19,21,24,34H,7,13-18,20H2;1-4,6-10,17-18,21,24,33H,5,11-16,19-20H2;3-6,8-12,19,23,25,33H,7,13-14,16-18,20-21H2,1H3;3*(H,6,7)/t21?,24-,29?,32?;21?,24-,29?,31?;23?,25-,29?,31?;;;/m000.../s1. The molecule has 6 aromatic carbocycles. The van der Waals surface area contributed by atoms with Crippen LogP contribution in [0, 0.1) is 29.6 Å². The molecule has 3 amide bonds. The summed E-state index contributed by atoms with van der Waals surface area (Å²) in [5.74, 6) is -0.130. The molecule has 20 rings (SSSR count). The number of benzene rings is 6. The first-order valence-electron chi connectivity index (χ1n) is 42.3. The number of carboxylic acid groups (broad SMARTS) is 3. The lowest BCUT2D eigenvalue weighted by Gasteiger charge is -2.53. The van der Waals surface area contributed by atoms with Crippen LogP contribution in [-0.2, 0) is 45.6 Å². The number of ether oxygens (including phenoxy) is 5. The van der Waals surface area contributed by atoms with Gasteiger partial charge >= 0.3 is 18.5 Å². The van der Waals surface area contributed by atoms with E-state index >= 15 is 0 Å². The molecule has 9 saturated heterocycles. The van der Waals surface area contributed by atoms with Gasteiger partial charge in [0.05, 0.1) is 143 Å². The van der Waals surface area contributed by atoms with Crippen LogP contribution in [0.1, 0.15) is 91.4 Å². The van der Waals surface area contributed by atoms with Crippen LogP contribution < -0.4 is 55.0 Å². The molecule has 10 aromatic rings. The van der Waals surface area contributed by atoms with Crippen molar-refractivity contribution in [1.82, 2.24) is 20.9 Å². The van der Waals surface area contributed by atoms with Gasteiger partial charge in [0.15, 0.2) is 17.3 Å². The van der Waals surface area contributed by atoms with Gasteiger partial charge in [-0.15, -0.1) is 28.6 Å². The number of hydrogen-bond donors (Lipinski definition) is 6. The normalized spacial score (nSPS) is 22.7. The van der Waals surface area contributed by atoms with Gasteiger partial charge in [0.25, 0.3) is 28.5 Å². The molecular weight excluding hydrogens is 1770 g/mol. The zero-order valence-corrected chi connectivity index (χ0v) is 73.0. The van der Waals surface area contributed by atoms with Crippen molar-refractivity contribution < 1.29 is 140 Å². The first kappa shape index (κ1) is 97.7. The molecule has 25 nitrogen and oxygen atoms in total. The number of fused-ring (bicyclic) bond motifs is 12. The number of piperidine rings is 9. The third kappa shape index (κ3) is 24.3. The van der Waals surface area contributed by atoms with Gasteiger partial charge in [-0.1, -0.05) is 139 Å². The first-order chi connectivity index (χ1) is 62.0. The van der Waals surface area contributed by atoms with Crippen molar-refractivity contribution in [3.63, 3.8) is 0 Å². The lowest BCUT2D eigenvalue weighted by molar-refractivity contribution is -0.944. The van der Waals surface area contributed by atoms with E-state index in [1.54, 1.807) is 30.4 Å². The van der Waals surface area contributed by atoms with E-state index < -0.39 is 59.1 Å². The molecule has 14 heterocycles. The van der Waals surface area contributed by atoms with Crippen LogP contribution in [0.15, 0.2) is 203 Å². The van der Waals surface area contributed by atoms with E-state index in [1.165, 1.54) is 34.3 Å². The Morgan fingerprint density at radius 1 is 0.492 bits per heavy atom. The molecule has 37 heteroatoms. The number of carbonyl (C=O) groups is 6. The minimum Gasteiger partial charge on any atom is -0.542 e. The maximum absolute atomic E-state index is 13.7. The summed E-state index contributed by atoms with van der Waals surface area (Å²) in [5, 5.41) is 77.5. The van der Waals surface area contributed by atoms with Gasteiger partial charge in [-0.3, -0.25) is 14.4 Å². The number of nitrogens with one attached hydrogen (secondary N) is 3. The topological polar surface area (TPSA) is 341 Å². The van der Waals surface area contributed by atoms with Crippen molar-refractivity contribution in [2.75, 3.05) is 105 Å². The SMILES string of the molecule is CC#CC(O)(C(=O)N[C@H]1C[N+]2(CCCOc3cccc4ccccc34)CCC1CC2)c1ccco1.O=C(N[C@H]1C[N+]2(CCCOc3ccc4c(c3)OCO4)CCC1CC2)C(O)(c1ccccc1)c1cccs1.O=C(N[C@H]1C[N+]2(CCCOc3nc4ccccc4s3)CCC1CC2)C(O)(c1ccccc1)c1cccs1.O=C([O-])C(F)(F)F.O=C([O-])C(F)(F)F.O=C([O-])C(F)(F)F. The molecule has 9 fully saturated rings. The van der Waals surface area contributed by atoms with Crippen molar-refractivity contribution in [3.8, 4) is 40.0 Å². The van der Waals surface area contributed by atoms with Crippen LogP contribution in [0.3, 0.4) is 0 Å². The second-order valence-electron chi connectivity index (χ2n) is 32.9. The number of carboxylic acids is 3. The Labute approximate surface area is 754 Å². The number of aliphatic hydroxyl groups is 3. The number of nitrogens with zero attached hydrogens (tertiary/aromatic N) is 4. The maximum atomic E-state index is 13.7. The maximum Gasteiger partial charge on any atom is 0.430 e. The fraction of sp³-hybridized carbons (Fsp3) is 0.409. The highest BCUT2D eigenvalue weighted by atomic mass is 32.1. The summed E-state index contributed by atoms with van der Waals surface area (Å²) in [6, 6.07) is 57.6. The van der Waals surface area contributed by atoms with E-state index in [0.717, 1.165) is 194 Å². The summed E-state index contributed by atoms with van der Waals surface area (Å²) in [6.45, 7) is 16.4. The van der Waals surface area contributed by atoms with Crippen LogP contribution in [0.2, 0.25) is 0 Å². The fourth-order valence-corrected chi connectivity index (χ4v) is 20.6. The van der Waals surface area contributed by atoms with E-state index in [-0.39, 0.29) is 42.5 Å². The number of halogens is 9. The number of amides is 3. The van der Waals surface area contributed by atoms with Gasteiger partial charge in [0, 0.05) is 69.2 Å². The Morgan fingerprint density at radius 2 is 0.923 bits per heavy atom. The molecule has 6 atom stereocenters. The van der Waals surface area contributed by atoms with Gasteiger partial charge in [-0.05, 0) is 107 Å². The molecular formula is C93H98F9N7O18S3. The van der Waals surface area contributed by atoms with Gasteiger partial charge in [0.1, 0.15) is 29.4 Å². The largest absolute Gasteiger partial charge is 0.542 e. The highest BCUT2D eigenvalue weighted by Crippen LogP contribution is 2.43. The van der Waals surface area contributed by atoms with E-state index in [0.29, 0.717) is 58.5 Å². The summed E-state index contributed by atoms with van der Waals surface area (Å²) >= 11 is 4.41. The average Bonchev–Trinajstić information content (AvgIpc) is 1.45. The Balaban J connectivity index is 0.000000158. The Bertz CT molecular complexity index is 5390. The summed E-state index contributed by atoms with van der Waals surface area (Å²) < 4.78 is 133. The summed E-state index contributed by atoms with van der Waals surface area (Å²) in [5.41, 5.74) is -3.16. The van der Waals surface area contributed by atoms with Crippen LogP contribution in [-0.4, -0.2) is 211 Å². The van der Waals surface area contributed by atoms with Crippen molar-refractivity contribution in [3.05, 3.63) is 226 Å². The number of thiazole rings is 1. The monoisotopic (exact) mass is 1870 g/mol. The van der Waals surface area contributed by atoms with Crippen molar-refractivity contribution in [2.45, 2.75) is 118 Å². The Hall–Kier alpha value is -11.3. The molecule has 10 aliphatic heterocycles. The van der Waals surface area contributed by atoms with Crippen LogP contribution in [0.5, 0.6) is 28.2 Å². The number of carbonyl (C=O) groups excluding carboxylic acids is 6. The van der Waals surface area contributed by atoms with Crippen molar-refractivity contribution in [1.29, 1.82) is 0 Å². The molecule has 0 radical (unpaired) electrons. The molecule has 0 aliphatic carbocycles. The number of quaternary nitrogens is 3. The number of aliphatic carboxylic acids is 3. The first-order valence-corrected chi connectivity index (χ1v) is 44.8. The lowest BCUT2D eigenvalue weighted by Crippen LogP contribution is -2.68. The summed E-state index contributed by atoms with van der Waals surface area (Å²) in [4.78, 5) is 72.8. The van der Waals surface area contributed by atoms with Gasteiger partial charge < -0.3 is 103 Å². The quantitative estimate of drug-likeness (QED) is 0.0127. The highest BCUT2D eigenvalue weighted by molar-refractivity contribution is 7.20. The molecule has 0 spiro atoms. The van der Waals surface area contributed by atoms with Gasteiger partial charge in [-0.25, -0.2) is 4.98 Å². The van der Waals surface area contributed by atoms with Crippen LogP contribution in [0.4, 0.5) is 39.5 Å². The zero-order valence-electron chi connectivity index (χ0n) is 70.6. The number of furan rings is 1. The summed E-state index contributed by atoms with van der Waals surface area (Å²) in [6.07, 6.45) is -4.76. The third-order valence-corrected chi connectivity index (χ3v) is 27.6.